The summed E-state index contributed by atoms with van der Waals surface area (Å²) in [6.07, 6.45) is 1.36. The summed E-state index contributed by atoms with van der Waals surface area (Å²) in [4.78, 5) is 11.1. The van der Waals surface area contributed by atoms with Crippen LogP contribution in [0.3, 0.4) is 0 Å². The lowest BCUT2D eigenvalue weighted by Crippen LogP contribution is -2.24. The molecule has 0 aliphatic heterocycles. The maximum atomic E-state index is 11.1. The number of hydrogen-bond donors (Lipinski definition) is 1. The van der Waals surface area contributed by atoms with Gasteiger partial charge in [-0.15, -0.1) is 0 Å². The van der Waals surface area contributed by atoms with Gasteiger partial charge in [0.25, 0.3) is 0 Å². The molecule has 0 heterocycles. The number of nitrogens with one attached hydrogen (secondary N) is 1. The molecule has 0 fully saturated rings. The van der Waals surface area contributed by atoms with Crippen molar-refractivity contribution in [2.24, 2.45) is 0 Å². The van der Waals surface area contributed by atoms with E-state index in [-0.39, 0.29) is 11.5 Å². The zero-order chi connectivity index (χ0) is 13.6. The maximum Gasteiger partial charge on any atom is 0.219 e. The average Bonchev–Trinajstić information content (AvgIpc) is 2.27. The maximum absolute atomic E-state index is 11.1. The highest BCUT2D eigenvalue weighted by molar-refractivity contribution is 5.75. The molecule has 1 rings (SSSR count). The molecule has 3 nitrogen and oxygen atoms in total. The Kier molecular flexibility index (Phi) is 5.20. The van der Waals surface area contributed by atoms with Gasteiger partial charge in [0.05, 0.1) is 0 Å². The van der Waals surface area contributed by atoms with E-state index in [1.165, 1.54) is 5.56 Å². The van der Waals surface area contributed by atoms with Crippen LogP contribution in [-0.2, 0) is 11.2 Å². The zero-order valence-electron chi connectivity index (χ0n) is 11.7. The van der Waals surface area contributed by atoms with E-state index >= 15 is 0 Å². The lowest BCUT2D eigenvalue weighted by molar-refractivity contribution is -0.120. The first-order valence-corrected chi connectivity index (χ1v) is 6.45. The first kappa shape index (κ1) is 14.6. The first-order valence-electron chi connectivity index (χ1n) is 6.45. The second-order valence-electron chi connectivity index (χ2n) is 5.32. The summed E-state index contributed by atoms with van der Waals surface area (Å²) >= 11 is 0. The van der Waals surface area contributed by atoms with Crippen molar-refractivity contribution in [3.05, 3.63) is 29.8 Å². The third-order valence-corrected chi connectivity index (χ3v) is 2.38. The normalized spacial score (nSPS) is 11.1. The number of amides is 1. The lowest BCUT2D eigenvalue weighted by atomic mass is 10.1. The fraction of sp³-hybridized carbons (Fsp3) is 0.533. The molecule has 0 radical (unpaired) electrons. The highest BCUT2D eigenvalue weighted by atomic mass is 16.5. The molecule has 0 atom stereocenters. The van der Waals surface area contributed by atoms with E-state index in [2.05, 4.69) is 5.32 Å². The zero-order valence-corrected chi connectivity index (χ0v) is 11.7. The van der Waals surface area contributed by atoms with E-state index in [0.29, 0.717) is 13.0 Å². The molecular formula is C15H23NO2. The molecule has 18 heavy (non-hydrogen) atoms. The van der Waals surface area contributed by atoms with Crippen LogP contribution in [0.4, 0.5) is 0 Å². The summed E-state index contributed by atoms with van der Waals surface area (Å²) in [6.45, 7) is 8.61. The van der Waals surface area contributed by atoms with Gasteiger partial charge in [0.1, 0.15) is 11.4 Å². The van der Waals surface area contributed by atoms with Crippen LogP contribution in [0.15, 0.2) is 24.3 Å². The lowest BCUT2D eigenvalue weighted by Gasteiger charge is -2.21. The van der Waals surface area contributed by atoms with Crippen LogP contribution in [0.5, 0.6) is 5.75 Å². The third kappa shape index (κ3) is 5.71. The van der Waals surface area contributed by atoms with Crippen molar-refractivity contribution in [1.82, 2.24) is 5.32 Å². The summed E-state index contributed by atoms with van der Waals surface area (Å²) < 4.78 is 5.80. The SMILES string of the molecule is CCC(=O)NCCc1cccc(OC(C)(C)C)c1. The molecule has 0 aliphatic rings. The molecule has 1 aromatic carbocycles. The number of hydrogen-bond acceptors (Lipinski definition) is 2. The second-order valence-corrected chi connectivity index (χ2v) is 5.32. The Morgan fingerprint density at radius 2 is 2.06 bits per heavy atom. The second kappa shape index (κ2) is 6.43. The first-order chi connectivity index (χ1) is 8.40. The van der Waals surface area contributed by atoms with Crippen LogP contribution in [0.2, 0.25) is 0 Å². The Morgan fingerprint density at radius 3 is 2.67 bits per heavy atom. The molecule has 0 aliphatic carbocycles. The van der Waals surface area contributed by atoms with Gasteiger partial charge >= 0.3 is 0 Å². The topological polar surface area (TPSA) is 38.3 Å². The van der Waals surface area contributed by atoms with Gasteiger partial charge in [0, 0.05) is 13.0 Å². The molecule has 0 unspecified atom stereocenters. The summed E-state index contributed by atoms with van der Waals surface area (Å²) in [5, 5.41) is 2.87. The van der Waals surface area contributed by atoms with E-state index < -0.39 is 0 Å². The number of rotatable bonds is 5. The van der Waals surface area contributed by atoms with Gasteiger partial charge in [-0.3, -0.25) is 4.79 Å². The smallest absolute Gasteiger partial charge is 0.219 e. The Labute approximate surface area is 110 Å². The molecule has 3 heteroatoms. The molecule has 0 saturated heterocycles. The van der Waals surface area contributed by atoms with Crippen LogP contribution in [0.1, 0.15) is 39.7 Å². The Hall–Kier alpha value is -1.51. The van der Waals surface area contributed by atoms with Crippen LogP contribution >= 0.6 is 0 Å². The van der Waals surface area contributed by atoms with Crippen LogP contribution in [0, 0.1) is 0 Å². The Bertz CT molecular complexity index is 394. The summed E-state index contributed by atoms with van der Waals surface area (Å²) in [7, 11) is 0. The number of benzene rings is 1. The van der Waals surface area contributed by atoms with Gasteiger partial charge in [-0.25, -0.2) is 0 Å². The summed E-state index contributed by atoms with van der Waals surface area (Å²) in [5.74, 6) is 0.971. The predicted octanol–water partition coefficient (Wildman–Crippen LogP) is 2.93. The number of carbonyl (C=O) groups excluding carboxylic acids is 1. The van der Waals surface area contributed by atoms with Crippen LogP contribution in [0.25, 0.3) is 0 Å². The molecular weight excluding hydrogens is 226 g/mol. The molecule has 0 aromatic heterocycles. The van der Waals surface area contributed by atoms with Gasteiger partial charge in [-0.1, -0.05) is 19.1 Å². The largest absolute Gasteiger partial charge is 0.488 e. The molecule has 0 spiro atoms. The van der Waals surface area contributed by atoms with Crippen molar-refractivity contribution < 1.29 is 9.53 Å². The molecule has 0 saturated carbocycles. The van der Waals surface area contributed by atoms with Crippen LogP contribution in [-0.4, -0.2) is 18.1 Å². The van der Waals surface area contributed by atoms with E-state index in [0.717, 1.165) is 12.2 Å². The van der Waals surface area contributed by atoms with E-state index in [4.69, 9.17) is 4.74 Å². The quantitative estimate of drug-likeness (QED) is 0.871. The van der Waals surface area contributed by atoms with Gasteiger partial charge in [-0.05, 0) is 44.9 Å². The summed E-state index contributed by atoms with van der Waals surface area (Å²) in [5.41, 5.74) is 0.989. The van der Waals surface area contributed by atoms with E-state index in [1.54, 1.807) is 0 Å². The fourth-order valence-corrected chi connectivity index (χ4v) is 1.59. The van der Waals surface area contributed by atoms with Crippen molar-refractivity contribution in [1.29, 1.82) is 0 Å². The minimum Gasteiger partial charge on any atom is -0.488 e. The van der Waals surface area contributed by atoms with Crippen molar-refractivity contribution in [2.75, 3.05) is 6.54 Å². The molecule has 1 amide bonds. The molecule has 0 bridgehead atoms. The van der Waals surface area contributed by atoms with Gasteiger partial charge in [0.2, 0.25) is 5.91 Å². The van der Waals surface area contributed by atoms with Gasteiger partial charge in [0.15, 0.2) is 0 Å². The third-order valence-electron chi connectivity index (χ3n) is 2.38. The van der Waals surface area contributed by atoms with Crippen molar-refractivity contribution in [2.45, 2.75) is 46.1 Å². The summed E-state index contributed by atoms with van der Waals surface area (Å²) in [6, 6.07) is 8.02. The minimum absolute atomic E-state index is 0.0945. The van der Waals surface area contributed by atoms with E-state index in [9.17, 15) is 4.79 Å². The predicted molar refractivity (Wildman–Crippen MR) is 73.8 cm³/mol. The van der Waals surface area contributed by atoms with Gasteiger partial charge in [-0.2, -0.15) is 0 Å². The number of carbonyl (C=O) groups is 1. The van der Waals surface area contributed by atoms with Gasteiger partial charge < -0.3 is 10.1 Å². The highest BCUT2D eigenvalue weighted by Crippen LogP contribution is 2.19. The van der Waals surface area contributed by atoms with Crippen LogP contribution < -0.4 is 10.1 Å². The molecule has 100 valence electrons. The Balaban J connectivity index is 2.52. The highest BCUT2D eigenvalue weighted by Gasteiger charge is 2.11. The van der Waals surface area contributed by atoms with Crippen molar-refractivity contribution >= 4 is 5.91 Å². The average molecular weight is 249 g/mol. The molecule has 1 N–H and O–H groups in total. The standard InChI is InChI=1S/C15H23NO2/c1-5-14(17)16-10-9-12-7-6-8-13(11-12)18-15(2,3)4/h6-8,11H,5,9-10H2,1-4H3,(H,16,17). The van der Waals surface area contributed by atoms with E-state index in [1.807, 2.05) is 52.0 Å². The fourth-order valence-electron chi connectivity index (χ4n) is 1.59. The van der Waals surface area contributed by atoms with Crippen molar-refractivity contribution in [3.63, 3.8) is 0 Å². The molecule has 1 aromatic rings. The minimum atomic E-state index is -0.185. The van der Waals surface area contributed by atoms with Crippen molar-refractivity contribution in [3.8, 4) is 5.75 Å². The number of ether oxygens (including phenoxy) is 1. The monoisotopic (exact) mass is 249 g/mol. The Morgan fingerprint density at radius 1 is 1.33 bits per heavy atom.